The van der Waals surface area contributed by atoms with E-state index in [1.54, 1.807) is 0 Å². The number of nitrogens with zero attached hydrogens (tertiary/aromatic N) is 1. The number of ketones is 1. The summed E-state index contributed by atoms with van der Waals surface area (Å²) in [6.45, 7) is 0.161. The summed E-state index contributed by atoms with van der Waals surface area (Å²) in [5, 5.41) is 0. The van der Waals surface area contributed by atoms with E-state index in [4.69, 9.17) is 10.5 Å². The van der Waals surface area contributed by atoms with E-state index in [1.807, 2.05) is 30.3 Å². The second-order valence-corrected chi connectivity index (χ2v) is 5.88. The van der Waals surface area contributed by atoms with E-state index in [0.29, 0.717) is 25.8 Å². The molecule has 0 spiro atoms. The molecule has 6 nitrogen and oxygen atoms in total. The Labute approximate surface area is 134 Å². The zero-order valence-electron chi connectivity index (χ0n) is 12.7. The van der Waals surface area contributed by atoms with Crippen molar-refractivity contribution < 1.29 is 19.1 Å². The van der Waals surface area contributed by atoms with E-state index in [-0.39, 0.29) is 12.5 Å². The summed E-state index contributed by atoms with van der Waals surface area (Å²) in [6.07, 6.45) is 2.53. The fraction of sp³-hybridized carbons (Fsp3) is 0.412. The Morgan fingerprint density at radius 3 is 2.78 bits per heavy atom. The van der Waals surface area contributed by atoms with Gasteiger partial charge < -0.3 is 15.4 Å². The van der Waals surface area contributed by atoms with Gasteiger partial charge in [-0.1, -0.05) is 30.3 Å². The molecular formula is C17H19N2O4. The number of carbonyl (C=O) groups excluding carboxylic acids is 3. The second-order valence-electron chi connectivity index (χ2n) is 5.88. The molecule has 2 saturated heterocycles. The van der Waals surface area contributed by atoms with Gasteiger partial charge >= 0.3 is 0 Å². The van der Waals surface area contributed by atoms with Crippen molar-refractivity contribution in [2.24, 2.45) is 5.73 Å². The molecule has 2 aliphatic rings. The Hall–Kier alpha value is -2.21. The first-order chi connectivity index (χ1) is 11.1. The van der Waals surface area contributed by atoms with Gasteiger partial charge in [0.05, 0.1) is 12.5 Å². The Balaban J connectivity index is 1.80. The van der Waals surface area contributed by atoms with Gasteiger partial charge in [0.2, 0.25) is 11.4 Å². The molecule has 2 N–H and O–H groups in total. The van der Waals surface area contributed by atoms with E-state index in [0.717, 1.165) is 5.56 Å². The van der Waals surface area contributed by atoms with Crippen molar-refractivity contribution in [2.45, 2.75) is 30.9 Å². The summed E-state index contributed by atoms with van der Waals surface area (Å²) in [5.41, 5.74) is 4.87. The molecule has 2 amide bonds. The minimum atomic E-state index is -1.64. The van der Waals surface area contributed by atoms with Gasteiger partial charge in [0, 0.05) is 6.54 Å². The highest BCUT2D eigenvalue weighted by Gasteiger charge is 2.62. The molecule has 2 aliphatic heterocycles. The Morgan fingerprint density at radius 2 is 2.09 bits per heavy atom. The Morgan fingerprint density at radius 1 is 1.35 bits per heavy atom. The van der Waals surface area contributed by atoms with E-state index in [9.17, 15) is 14.4 Å². The number of hydrogen-bond acceptors (Lipinski definition) is 4. The molecule has 1 unspecified atom stereocenters. The molecule has 0 saturated carbocycles. The van der Waals surface area contributed by atoms with E-state index < -0.39 is 23.3 Å². The number of benzene rings is 1. The summed E-state index contributed by atoms with van der Waals surface area (Å²) >= 11 is 0. The number of amides is 2. The quantitative estimate of drug-likeness (QED) is 0.806. The fourth-order valence-corrected chi connectivity index (χ4v) is 3.46. The topological polar surface area (TPSA) is 89.7 Å². The number of Topliss-reactive ketones (excluding diaryl/α,β-unsaturated/α-hetero) is 1. The molecule has 0 aromatic heterocycles. The highest BCUT2D eigenvalue weighted by Crippen LogP contribution is 2.36. The van der Waals surface area contributed by atoms with Crippen LogP contribution in [-0.2, 0) is 25.5 Å². The lowest BCUT2D eigenvalue weighted by Crippen LogP contribution is -2.69. The van der Waals surface area contributed by atoms with Crippen molar-refractivity contribution in [3.63, 3.8) is 0 Å². The smallest absolute Gasteiger partial charge is 0.254 e. The number of primary amides is 1. The number of hydrogen-bond donors (Lipinski definition) is 1. The van der Waals surface area contributed by atoms with Crippen LogP contribution in [0.15, 0.2) is 30.3 Å². The van der Waals surface area contributed by atoms with Gasteiger partial charge in [0.15, 0.2) is 5.78 Å². The zero-order valence-corrected chi connectivity index (χ0v) is 12.7. The highest BCUT2D eigenvalue weighted by molar-refractivity contribution is 6.15. The van der Waals surface area contributed by atoms with Gasteiger partial charge in [0.1, 0.15) is 6.61 Å². The predicted octanol–water partition coefficient (Wildman–Crippen LogP) is 0.248. The van der Waals surface area contributed by atoms with Crippen LogP contribution in [0.25, 0.3) is 0 Å². The largest absolute Gasteiger partial charge is 0.367 e. The van der Waals surface area contributed by atoms with Gasteiger partial charge in [-0.2, -0.15) is 0 Å². The molecule has 2 atom stereocenters. The standard InChI is InChI=1S/C17H19N2O4/c18-16(22)17-13(20)11-23-14(17)7-4-10-19(17)15(21)9-8-12-5-2-1-3-6-12/h1-3,5-6,9,14H,4,7-8,10-11H2,(H2,18,22)/t14-,17?/m0/s1. The van der Waals surface area contributed by atoms with Gasteiger partial charge in [0.25, 0.3) is 5.91 Å². The van der Waals surface area contributed by atoms with Gasteiger partial charge in [-0.3, -0.25) is 14.4 Å². The maximum atomic E-state index is 12.6. The number of rotatable bonds is 4. The summed E-state index contributed by atoms with van der Waals surface area (Å²) in [5.74, 6) is -1.57. The third-order valence-corrected chi connectivity index (χ3v) is 4.58. The Bertz CT molecular complexity index is 631. The molecule has 2 heterocycles. The predicted molar refractivity (Wildman–Crippen MR) is 82.1 cm³/mol. The first-order valence-corrected chi connectivity index (χ1v) is 7.70. The number of piperidine rings is 1. The lowest BCUT2D eigenvalue weighted by atomic mass is 9.81. The monoisotopic (exact) mass is 315 g/mol. The van der Waals surface area contributed by atoms with E-state index in [1.165, 1.54) is 11.3 Å². The molecule has 3 rings (SSSR count). The number of likely N-dealkylation sites (tertiary alicyclic amines) is 1. The Kier molecular flexibility index (Phi) is 4.17. The highest BCUT2D eigenvalue weighted by atomic mass is 16.5. The summed E-state index contributed by atoms with van der Waals surface area (Å²) in [6, 6.07) is 9.51. The maximum Gasteiger partial charge on any atom is 0.254 e. The normalized spacial score (nSPS) is 26.9. The first-order valence-electron chi connectivity index (χ1n) is 7.70. The van der Waals surface area contributed by atoms with Crippen LogP contribution in [0.4, 0.5) is 0 Å². The molecule has 1 radical (unpaired) electrons. The maximum absolute atomic E-state index is 12.6. The van der Waals surface area contributed by atoms with Crippen LogP contribution < -0.4 is 5.73 Å². The molecular weight excluding hydrogens is 296 g/mol. The van der Waals surface area contributed by atoms with Crippen LogP contribution in [0.3, 0.4) is 0 Å². The minimum Gasteiger partial charge on any atom is -0.367 e. The first kappa shape index (κ1) is 15.7. The van der Waals surface area contributed by atoms with Gasteiger partial charge in [-0.25, -0.2) is 0 Å². The third-order valence-electron chi connectivity index (χ3n) is 4.58. The lowest BCUT2D eigenvalue weighted by Gasteiger charge is -2.43. The summed E-state index contributed by atoms with van der Waals surface area (Å²) in [7, 11) is 0. The van der Waals surface area contributed by atoms with Crippen molar-refractivity contribution in [3.8, 4) is 0 Å². The number of ether oxygens (including phenoxy) is 1. The van der Waals surface area contributed by atoms with Crippen molar-refractivity contribution in [2.75, 3.05) is 13.2 Å². The minimum absolute atomic E-state index is 0.171. The molecule has 0 bridgehead atoms. The lowest BCUT2D eigenvalue weighted by molar-refractivity contribution is -0.156. The molecule has 121 valence electrons. The van der Waals surface area contributed by atoms with Crippen molar-refractivity contribution in [3.05, 3.63) is 42.3 Å². The fourth-order valence-electron chi connectivity index (χ4n) is 3.46. The molecule has 0 aliphatic carbocycles. The molecule has 2 fully saturated rings. The second kappa shape index (κ2) is 6.12. The SMILES string of the molecule is NC(=O)C12C(=O)CO[C@H]1CCCN2C(=O)[CH]Cc1ccccc1. The average molecular weight is 315 g/mol. The van der Waals surface area contributed by atoms with Crippen LogP contribution in [-0.4, -0.2) is 47.3 Å². The van der Waals surface area contributed by atoms with Crippen LogP contribution in [0.2, 0.25) is 0 Å². The van der Waals surface area contributed by atoms with Gasteiger partial charge in [-0.15, -0.1) is 0 Å². The van der Waals surface area contributed by atoms with E-state index in [2.05, 4.69) is 0 Å². The number of carbonyl (C=O) groups is 3. The van der Waals surface area contributed by atoms with Crippen LogP contribution in [0.5, 0.6) is 0 Å². The van der Waals surface area contributed by atoms with Crippen LogP contribution in [0.1, 0.15) is 18.4 Å². The van der Waals surface area contributed by atoms with Crippen molar-refractivity contribution >= 4 is 17.6 Å². The molecule has 1 aromatic carbocycles. The average Bonchev–Trinajstić information content (AvgIpc) is 2.92. The zero-order chi connectivity index (χ0) is 16.4. The van der Waals surface area contributed by atoms with Crippen LogP contribution in [0, 0.1) is 6.42 Å². The van der Waals surface area contributed by atoms with Crippen molar-refractivity contribution in [1.82, 2.24) is 4.90 Å². The molecule has 1 aromatic rings. The van der Waals surface area contributed by atoms with E-state index >= 15 is 0 Å². The number of nitrogens with two attached hydrogens (primary N) is 1. The molecule has 23 heavy (non-hydrogen) atoms. The molecule has 6 heteroatoms. The van der Waals surface area contributed by atoms with Crippen LogP contribution >= 0.6 is 0 Å². The third kappa shape index (κ3) is 2.53. The summed E-state index contributed by atoms with van der Waals surface area (Å²) < 4.78 is 5.42. The van der Waals surface area contributed by atoms with Crippen molar-refractivity contribution in [1.29, 1.82) is 0 Å². The summed E-state index contributed by atoms with van der Waals surface area (Å²) in [4.78, 5) is 38.3. The van der Waals surface area contributed by atoms with Gasteiger partial charge in [-0.05, 0) is 24.8 Å². The number of fused-ring (bicyclic) bond motifs is 1.